The second-order valence-electron chi connectivity index (χ2n) is 4.32. The van der Waals surface area contributed by atoms with E-state index in [-0.39, 0.29) is 10.7 Å². The Morgan fingerprint density at radius 3 is 2.52 bits per heavy atom. The van der Waals surface area contributed by atoms with Crippen molar-refractivity contribution in [2.24, 2.45) is 0 Å². The molecule has 2 aromatic rings. The Hall–Kier alpha value is -1.12. The number of nitrogens with one attached hydrogen (secondary N) is 2. The highest BCUT2D eigenvalue weighted by atomic mass is 79.9. The maximum absolute atomic E-state index is 12.5. The van der Waals surface area contributed by atoms with Crippen LogP contribution >= 0.6 is 31.9 Å². The summed E-state index contributed by atoms with van der Waals surface area (Å²) in [6, 6.07) is 6.77. The van der Waals surface area contributed by atoms with Crippen molar-refractivity contribution in [1.29, 1.82) is 0 Å². The second-order valence-corrected chi connectivity index (χ2v) is 7.74. The van der Waals surface area contributed by atoms with Gasteiger partial charge >= 0.3 is 0 Å². The molecule has 0 saturated carbocycles. The Morgan fingerprint density at radius 1 is 1.19 bits per heavy atom. The van der Waals surface area contributed by atoms with Gasteiger partial charge in [0.15, 0.2) is 0 Å². The first-order chi connectivity index (χ1) is 9.83. The molecular weight excluding hydrogens is 422 g/mol. The van der Waals surface area contributed by atoms with Gasteiger partial charge in [-0.05, 0) is 46.6 Å². The third kappa shape index (κ3) is 3.75. The van der Waals surface area contributed by atoms with Gasteiger partial charge in [0.1, 0.15) is 10.7 Å². The summed E-state index contributed by atoms with van der Waals surface area (Å²) in [6.45, 7) is 1.93. The number of rotatable bonds is 4. The van der Waals surface area contributed by atoms with Gasteiger partial charge in [0.25, 0.3) is 10.0 Å². The predicted molar refractivity (Wildman–Crippen MR) is 91.2 cm³/mol. The zero-order valence-electron chi connectivity index (χ0n) is 11.3. The standard InChI is InChI=1S/C13H13Br2N3O2S/c1-8-3-4-10(6-11(8)15)18-21(19,20)12-5-9(14)7-17-13(12)16-2/h3-7,18H,1-2H3,(H,16,17). The molecule has 0 fully saturated rings. The monoisotopic (exact) mass is 433 g/mol. The van der Waals surface area contributed by atoms with Gasteiger partial charge in [-0.25, -0.2) is 13.4 Å². The smallest absolute Gasteiger partial charge is 0.265 e. The summed E-state index contributed by atoms with van der Waals surface area (Å²) in [5.41, 5.74) is 1.51. The van der Waals surface area contributed by atoms with Gasteiger partial charge in [0, 0.05) is 27.9 Å². The van der Waals surface area contributed by atoms with E-state index in [0.717, 1.165) is 10.0 Å². The van der Waals surface area contributed by atoms with Crippen molar-refractivity contribution in [1.82, 2.24) is 4.98 Å². The van der Waals surface area contributed by atoms with Gasteiger partial charge in [-0.3, -0.25) is 4.72 Å². The lowest BCUT2D eigenvalue weighted by molar-refractivity contribution is 0.601. The van der Waals surface area contributed by atoms with E-state index in [1.54, 1.807) is 19.2 Å². The predicted octanol–water partition coefficient (Wildman–Crippen LogP) is 3.76. The zero-order valence-corrected chi connectivity index (χ0v) is 15.3. The lowest BCUT2D eigenvalue weighted by Gasteiger charge is -2.12. The zero-order chi connectivity index (χ0) is 15.6. The van der Waals surface area contributed by atoms with Crippen LogP contribution in [0.5, 0.6) is 0 Å². The number of sulfonamides is 1. The summed E-state index contributed by atoms with van der Waals surface area (Å²) in [5.74, 6) is 0.289. The normalized spacial score (nSPS) is 11.2. The van der Waals surface area contributed by atoms with Crippen LogP contribution < -0.4 is 10.0 Å². The largest absolute Gasteiger partial charge is 0.372 e. The molecule has 2 N–H and O–H groups in total. The second kappa shape index (κ2) is 6.33. The Kier molecular flexibility index (Phi) is 4.90. The van der Waals surface area contributed by atoms with Crippen LogP contribution in [-0.2, 0) is 10.0 Å². The van der Waals surface area contributed by atoms with Crippen LogP contribution in [0.25, 0.3) is 0 Å². The first kappa shape index (κ1) is 16.3. The maximum Gasteiger partial charge on any atom is 0.265 e. The third-order valence-electron chi connectivity index (χ3n) is 2.77. The first-order valence-corrected chi connectivity index (χ1v) is 9.02. The summed E-state index contributed by atoms with van der Waals surface area (Å²) in [5, 5.41) is 2.77. The van der Waals surface area contributed by atoms with E-state index in [2.05, 4.69) is 46.9 Å². The lowest BCUT2D eigenvalue weighted by atomic mass is 10.2. The average molecular weight is 435 g/mol. The number of pyridine rings is 1. The molecule has 0 aliphatic heterocycles. The molecule has 0 aliphatic carbocycles. The van der Waals surface area contributed by atoms with E-state index in [0.29, 0.717) is 10.2 Å². The van der Waals surface area contributed by atoms with E-state index >= 15 is 0 Å². The van der Waals surface area contributed by atoms with Gasteiger partial charge in [0.2, 0.25) is 0 Å². The Balaban J connectivity index is 2.42. The topological polar surface area (TPSA) is 71.1 Å². The van der Waals surface area contributed by atoms with Gasteiger partial charge < -0.3 is 5.32 Å². The molecular formula is C13H13Br2N3O2S. The van der Waals surface area contributed by atoms with Crippen molar-refractivity contribution in [2.45, 2.75) is 11.8 Å². The lowest BCUT2D eigenvalue weighted by Crippen LogP contribution is -2.15. The molecule has 8 heteroatoms. The van der Waals surface area contributed by atoms with Crippen molar-refractivity contribution in [2.75, 3.05) is 17.1 Å². The van der Waals surface area contributed by atoms with Gasteiger partial charge in [0.05, 0.1) is 0 Å². The highest BCUT2D eigenvalue weighted by Crippen LogP contribution is 2.26. The molecule has 0 spiro atoms. The summed E-state index contributed by atoms with van der Waals surface area (Å²) < 4.78 is 29.0. The average Bonchev–Trinajstić information content (AvgIpc) is 2.42. The van der Waals surface area contributed by atoms with Crippen molar-refractivity contribution in [3.8, 4) is 0 Å². The Morgan fingerprint density at radius 2 is 1.90 bits per heavy atom. The Bertz CT molecular complexity index is 779. The molecule has 0 saturated heterocycles. The van der Waals surface area contributed by atoms with Gasteiger partial charge in [-0.2, -0.15) is 0 Å². The van der Waals surface area contributed by atoms with Crippen LogP contribution in [0.15, 0.2) is 44.3 Å². The molecule has 0 radical (unpaired) electrons. The molecule has 112 valence electrons. The van der Waals surface area contributed by atoms with Gasteiger partial charge in [-0.15, -0.1) is 0 Å². The first-order valence-electron chi connectivity index (χ1n) is 5.96. The minimum atomic E-state index is -3.73. The minimum Gasteiger partial charge on any atom is -0.372 e. The molecule has 1 aromatic carbocycles. The fourth-order valence-electron chi connectivity index (χ4n) is 1.68. The maximum atomic E-state index is 12.5. The number of halogens is 2. The number of aromatic nitrogens is 1. The van der Waals surface area contributed by atoms with Crippen molar-refractivity contribution in [3.63, 3.8) is 0 Å². The van der Waals surface area contributed by atoms with Crippen molar-refractivity contribution >= 4 is 53.4 Å². The number of hydrogen-bond donors (Lipinski definition) is 2. The molecule has 2 rings (SSSR count). The fourth-order valence-corrected chi connectivity index (χ4v) is 3.78. The van der Waals surface area contributed by atoms with E-state index in [4.69, 9.17) is 0 Å². The molecule has 1 heterocycles. The van der Waals surface area contributed by atoms with Crippen LogP contribution in [0.3, 0.4) is 0 Å². The third-order valence-corrected chi connectivity index (χ3v) is 5.45. The molecule has 0 amide bonds. The number of hydrogen-bond acceptors (Lipinski definition) is 4. The summed E-state index contributed by atoms with van der Waals surface area (Å²) in [6.07, 6.45) is 1.54. The van der Waals surface area contributed by atoms with Crippen molar-refractivity contribution in [3.05, 3.63) is 45.0 Å². The van der Waals surface area contributed by atoms with Crippen LogP contribution in [0, 0.1) is 6.92 Å². The molecule has 21 heavy (non-hydrogen) atoms. The number of aryl methyl sites for hydroxylation is 1. The van der Waals surface area contributed by atoms with E-state index in [9.17, 15) is 8.42 Å². The fraction of sp³-hybridized carbons (Fsp3) is 0.154. The summed E-state index contributed by atoms with van der Waals surface area (Å²) in [4.78, 5) is 4.13. The van der Waals surface area contributed by atoms with Crippen LogP contribution in [0.2, 0.25) is 0 Å². The van der Waals surface area contributed by atoms with Crippen LogP contribution in [0.1, 0.15) is 5.56 Å². The van der Waals surface area contributed by atoms with Crippen LogP contribution in [-0.4, -0.2) is 20.4 Å². The van der Waals surface area contributed by atoms with Crippen LogP contribution in [0.4, 0.5) is 11.5 Å². The highest BCUT2D eigenvalue weighted by Gasteiger charge is 2.20. The minimum absolute atomic E-state index is 0.0797. The van der Waals surface area contributed by atoms with E-state index < -0.39 is 10.0 Å². The number of nitrogens with zero attached hydrogens (tertiary/aromatic N) is 1. The number of benzene rings is 1. The van der Waals surface area contributed by atoms with Gasteiger partial charge in [-0.1, -0.05) is 22.0 Å². The number of anilines is 2. The van der Waals surface area contributed by atoms with E-state index in [1.165, 1.54) is 12.3 Å². The highest BCUT2D eigenvalue weighted by molar-refractivity contribution is 9.10. The molecule has 0 atom stereocenters. The van der Waals surface area contributed by atoms with Crippen molar-refractivity contribution < 1.29 is 8.42 Å². The summed E-state index contributed by atoms with van der Waals surface area (Å²) in [7, 11) is -2.11. The Labute approximate surface area is 140 Å². The molecule has 5 nitrogen and oxygen atoms in total. The quantitative estimate of drug-likeness (QED) is 0.768. The molecule has 0 aliphatic rings. The SMILES string of the molecule is CNc1ncc(Br)cc1S(=O)(=O)Nc1ccc(C)c(Br)c1. The summed E-state index contributed by atoms with van der Waals surface area (Å²) >= 11 is 6.62. The molecule has 0 unspecified atom stereocenters. The van der Waals surface area contributed by atoms with E-state index in [1.807, 2.05) is 13.0 Å². The molecule has 0 bridgehead atoms. The molecule has 1 aromatic heterocycles.